The molecule has 1 aliphatic heterocycles. The second-order valence-electron chi connectivity index (χ2n) is 7.33. The summed E-state index contributed by atoms with van der Waals surface area (Å²) in [6.07, 6.45) is 2.62. The van der Waals surface area contributed by atoms with E-state index in [9.17, 15) is 4.79 Å². The Morgan fingerprint density at radius 1 is 1.03 bits per heavy atom. The van der Waals surface area contributed by atoms with Gasteiger partial charge in [-0.05, 0) is 35.6 Å². The van der Waals surface area contributed by atoms with Gasteiger partial charge in [-0.25, -0.2) is 4.68 Å². The van der Waals surface area contributed by atoms with Crippen molar-refractivity contribution in [1.29, 1.82) is 0 Å². The van der Waals surface area contributed by atoms with Gasteiger partial charge in [0.15, 0.2) is 5.82 Å². The summed E-state index contributed by atoms with van der Waals surface area (Å²) in [6.45, 7) is 6.28. The molecule has 0 radical (unpaired) electrons. The Morgan fingerprint density at radius 3 is 2.50 bits per heavy atom. The minimum absolute atomic E-state index is 0.0368. The SMILES string of the molecule is CCc1ccc(C2Nn3c(CC)nnc3SC2C(=O)Nc2ccccc2CC)cc1. The Labute approximate surface area is 181 Å². The molecule has 3 aromatic rings. The number of hydrogen-bond donors (Lipinski definition) is 2. The lowest BCUT2D eigenvalue weighted by Crippen LogP contribution is -2.41. The lowest BCUT2D eigenvalue weighted by Gasteiger charge is -2.33. The number of amides is 1. The van der Waals surface area contributed by atoms with E-state index in [1.54, 1.807) is 0 Å². The number of nitrogens with zero attached hydrogens (tertiary/aromatic N) is 3. The maximum atomic E-state index is 13.4. The van der Waals surface area contributed by atoms with Gasteiger partial charge in [0.1, 0.15) is 5.25 Å². The number of carbonyl (C=O) groups is 1. The number of anilines is 1. The maximum Gasteiger partial charge on any atom is 0.240 e. The van der Waals surface area contributed by atoms with Gasteiger partial charge in [-0.1, -0.05) is 75.0 Å². The van der Waals surface area contributed by atoms with Crippen LogP contribution in [-0.2, 0) is 24.1 Å². The van der Waals surface area contributed by atoms with Crippen molar-refractivity contribution in [2.24, 2.45) is 0 Å². The summed E-state index contributed by atoms with van der Waals surface area (Å²) in [6, 6.07) is 16.2. The van der Waals surface area contributed by atoms with Crippen LogP contribution in [0.3, 0.4) is 0 Å². The summed E-state index contributed by atoms with van der Waals surface area (Å²) in [5.41, 5.74) is 7.85. The van der Waals surface area contributed by atoms with Gasteiger partial charge in [0.05, 0.1) is 6.04 Å². The van der Waals surface area contributed by atoms with Crippen molar-refractivity contribution < 1.29 is 4.79 Å². The highest BCUT2D eigenvalue weighted by atomic mass is 32.2. The number of fused-ring (bicyclic) bond motifs is 1. The smallest absolute Gasteiger partial charge is 0.240 e. The number of benzene rings is 2. The predicted molar refractivity (Wildman–Crippen MR) is 121 cm³/mol. The Balaban J connectivity index is 1.67. The molecular formula is C23H27N5OS. The van der Waals surface area contributed by atoms with Crippen molar-refractivity contribution in [3.8, 4) is 0 Å². The van der Waals surface area contributed by atoms with E-state index < -0.39 is 0 Å². The molecule has 0 aliphatic carbocycles. The lowest BCUT2D eigenvalue weighted by atomic mass is 10.0. The number of aryl methyl sites for hydroxylation is 3. The van der Waals surface area contributed by atoms with Gasteiger partial charge in [0, 0.05) is 12.1 Å². The number of carbonyl (C=O) groups excluding carboxylic acids is 1. The second kappa shape index (κ2) is 8.92. The Hall–Kier alpha value is -2.80. The summed E-state index contributed by atoms with van der Waals surface area (Å²) in [4.78, 5) is 13.4. The zero-order valence-electron chi connectivity index (χ0n) is 17.6. The molecule has 0 spiro atoms. The molecule has 2 aromatic carbocycles. The number of thioether (sulfide) groups is 1. The van der Waals surface area contributed by atoms with E-state index in [0.717, 1.165) is 47.1 Å². The molecular weight excluding hydrogens is 394 g/mol. The number of aromatic nitrogens is 3. The average Bonchev–Trinajstić information content (AvgIpc) is 3.20. The first-order chi connectivity index (χ1) is 14.6. The summed E-state index contributed by atoms with van der Waals surface area (Å²) < 4.78 is 1.92. The quantitative estimate of drug-likeness (QED) is 0.619. The van der Waals surface area contributed by atoms with Gasteiger partial charge < -0.3 is 10.7 Å². The first kappa shape index (κ1) is 20.5. The van der Waals surface area contributed by atoms with E-state index in [0.29, 0.717) is 0 Å². The van der Waals surface area contributed by atoms with Crippen LogP contribution in [-0.4, -0.2) is 26.0 Å². The second-order valence-corrected chi connectivity index (χ2v) is 8.44. The highest BCUT2D eigenvalue weighted by Gasteiger charge is 2.37. The highest BCUT2D eigenvalue weighted by molar-refractivity contribution is 8.00. The van der Waals surface area contributed by atoms with Gasteiger partial charge in [0.2, 0.25) is 11.1 Å². The topological polar surface area (TPSA) is 71.8 Å². The molecule has 2 heterocycles. The van der Waals surface area contributed by atoms with Crippen LogP contribution in [0.5, 0.6) is 0 Å². The molecule has 7 heteroatoms. The van der Waals surface area contributed by atoms with E-state index in [2.05, 4.69) is 66.0 Å². The van der Waals surface area contributed by atoms with E-state index in [4.69, 9.17) is 0 Å². The Kier molecular flexibility index (Phi) is 6.08. The summed E-state index contributed by atoms with van der Waals surface area (Å²) in [7, 11) is 0. The lowest BCUT2D eigenvalue weighted by molar-refractivity contribution is -0.116. The van der Waals surface area contributed by atoms with E-state index in [1.807, 2.05) is 28.9 Å². The third-order valence-electron chi connectivity index (χ3n) is 5.48. The van der Waals surface area contributed by atoms with Gasteiger partial charge in [-0.2, -0.15) is 0 Å². The largest absolute Gasteiger partial charge is 0.325 e. The van der Waals surface area contributed by atoms with Crippen molar-refractivity contribution in [2.45, 2.75) is 56.5 Å². The molecule has 6 nitrogen and oxygen atoms in total. The maximum absolute atomic E-state index is 13.4. The first-order valence-corrected chi connectivity index (χ1v) is 11.4. The monoisotopic (exact) mass is 421 g/mol. The van der Waals surface area contributed by atoms with Crippen LogP contribution in [0.25, 0.3) is 0 Å². The first-order valence-electron chi connectivity index (χ1n) is 10.5. The third kappa shape index (κ3) is 3.94. The number of nitrogens with one attached hydrogen (secondary N) is 2. The molecule has 2 N–H and O–H groups in total. The average molecular weight is 422 g/mol. The van der Waals surface area contributed by atoms with E-state index in [1.165, 1.54) is 17.3 Å². The number of hydrogen-bond acceptors (Lipinski definition) is 5. The Bertz CT molecular complexity index is 1030. The van der Waals surface area contributed by atoms with Crippen LogP contribution >= 0.6 is 11.8 Å². The molecule has 0 saturated heterocycles. The van der Waals surface area contributed by atoms with Crippen molar-refractivity contribution in [3.05, 3.63) is 71.0 Å². The molecule has 4 rings (SSSR count). The molecule has 156 valence electrons. The fourth-order valence-electron chi connectivity index (χ4n) is 3.69. The molecule has 0 bridgehead atoms. The highest BCUT2D eigenvalue weighted by Crippen LogP contribution is 2.38. The van der Waals surface area contributed by atoms with Gasteiger partial charge >= 0.3 is 0 Å². The molecule has 2 unspecified atom stereocenters. The fourth-order valence-corrected chi connectivity index (χ4v) is 4.79. The van der Waals surface area contributed by atoms with Crippen molar-refractivity contribution >= 4 is 23.4 Å². The molecule has 2 atom stereocenters. The number of para-hydroxylation sites is 1. The molecule has 0 saturated carbocycles. The molecule has 1 aromatic heterocycles. The van der Waals surface area contributed by atoms with Gasteiger partial charge in [-0.3, -0.25) is 4.79 Å². The van der Waals surface area contributed by atoms with Crippen LogP contribution in [0, 0.1) is 0 Å². The normalized spacial score (nSPS) is 17.8. The van der Waals surface area contributed by atoms with Crippen LogP contribution < -0.4 is 10.7 Å². The predicted octanol–water partition coefficient (Wildman–Crippen LogP) is 4.36. The zero-order valence-corrected chi connectivity index (χ0v) is 18.4. The van der Waals surface area contributed by atoms with Crippen molar-refractivity contribution in [2.75, 3.05) is 10.7 Å². The standard InChI is InChI=1S/C23H27N5OS/c1-4-15-11-13-17(14-12-15)20-21(30-23-26-25-19(6-3)28(23)27-20)22(29)24-18-10-8-7-9-16(18)5-2/h7-14,20-21,27H,4-6H2,1-3H3,(H,24,29). The minimum atomic E-state index is -0.371. The minimum Gasteiger partial charge on any atom is -0.325 e. The fraction of sp³-hybridized carbons (Fsp3) is 0.348. The molecule has 30 heavy (non-hydrogen) atoms. The van der Waals surface area contributed by atoms with Gasteiger partial charge in [0.25, 0.3) is 0 Å². The van der Waals surface area contributed by atoms with Crippen LogP contribution in [0.4, 0.5) is 5.69 Å². The van der Waals surface area contributed by atoms with Gasteiger partial charge in [-0.15, -0.1) is 10.2 Å². The molecule has 1 aliphatic rings. The molecule has 1 amide bonds. The van der Waals surface area contributed by atoms with E-state index in [-0.39, 0.29) is 17.2 Å². The Morgan fingerprint density at radius 2 is 1.80 bits per heavy atom. The summed E-state index contributed by atoms with van der Waals surface area (Å²) in [5.74, 6) is 0.827. The molecule has 0 fully saturated rings. The van der Waals surface area contributed by atoms with Crippen LogP contribution in [0.15, 0.2) is 53.7 Å². The van der Waals surface area contributed by atoms with Crippen LogP contribution in [0.1, 0.15) is 49.3 Å². The summed E-state index contributed by atoms with van der Waals surface area (Å²) in [5, 5.41) is 12.1. The van der Waals surface area contributed by atoms with Crippen molar-refractivity contribution in [3.63, 3.8) is 0 Å². The number of rotatable bonds is 6. The van der Waals surface area contributed by atoms with Crippen LogP contribution in [0.2, 0.25) is 0 Å². The van der Waals surface area contributed by atoms with E-state index >= 15 is 0 Å². The summed E-state index contributed by atoms with van der Waals surface area (Å²) >= 11 is 1.46. The van der Waals surface area contributed by atoms with Crippen molar-refractivity contribution in [1.82, 2.24) is 14.9 Å². The third-order valence-corrected chi connectivity index (χ3v) is 6.70. The zero-order chi connectivity index (χ0) is 21.1.